The molecule has 0 fully saturated rings. The van der Waals surface area contributed by atoms with Gasteiger partial charge in [0.1, 0.15) is 0 Å². The third-order valence-electron chi connectivity index (χ3n) is 1.54. The molecule has 13 heavy (non-hydrogen) atoms. The number of rotatable bonds is 0. The van der Waals surface area contributed by atoms with Crippen LogP contribution in [0, 0.1) is 6.92 Å². The molecule has 0 unspecified atom stereocenters. The number of aryl methyl sites for hydroxylation is 1. The second kappa shape index (κ2) is 3.61. The molecule has 0 radical (unpaired) electrons. The predicted molar refractivity (Wildman–Crippen MR) is 51.6 cm³/mol. The van der Waals surface area contributed by atoms with Gasteiger partial charge in [-0.3, -0.25) is 0 Å². The third-order valence-corrected chi connectivity index (χ3v) is 2.62. The zero-order chi connectivity index (χ0) is 10.2. The molecule has 0 saturated heterocycles. The Morgan fingerprint density at radius 1 is 1.15 bits per heavy atom. The van der Waals surface area contributed by atoms with Crippen LogP contribution in [0.2, 0.25) is 0 Å². The molecule has 1 aromatic rings. The summed E-state index contributed by atoms with van der Waals surface area (Å²) in [6, 6.07) is 2.82. The van der Waals surface area contributed by atoms with Gasteiger partial charge in [0, 0.05) is 8.95 Å². The van der Waals surface area contributed by atoms with Crippen molar-refractivity contribution in [2.75, 3.05) is 0 Å². The number of hydrogen-bond acceptors (Lipinski definition) is 0. The van der Waals surface area contributed by atoms with Crippen molar-refractivity contribution in [2.45, 2.75) is 13.1 Å². The van der Waals surface area contributed by atoms with Crippen molar-refractivity contribution in [3.63, 3.8) is 0 Å². The quantitative estimate of drug-likeness (QED) is 0.659. The van der Waals surface area contributed by atoms with Crippen LogP contribution in [-0.4, -0.2) is 0 Å². The lowest BCUT2D eigenvalue weighted by Crippen LogP contribution is -2.08. The van der Waals surface area contributed by atoms with Gasteiger partial charge >= 0.3 is 6.18 Å². The number of halogens is 5. The van der Waals surface area contributed by atoms with Gasteiger partial charge in [-0.15, -0.1) is 0 Å². The van der Waals surface area contributed by atoms with Crippen molar-refractivity contribution in [2.24, 2.45) is 0 Å². The molecular weight excluding hydrogens is 313 g/mol. The number of benzene rings is 1. The molecule has 72 valence electrons. The molecule has 0 aliphatic carbocycles. The number of alkyl halides is 3. The minimum Gasteiger partial charge on any atom is -0.166 e. The first-order valence-electron chi connectivity index (χ1n) is 3.35. The second-order valence-corrected chi connectivity index (χ2v) is 4.35. The Kier molecular flexibility index (Phi) is 3.07. The Bertz CT molecular complexity index is 308. The zero-order valence-corrected chi connectivity index (χ0v) is 9.72. The maximum atomic E-state index is 12.4. The molecule has 5 heteroatoms. The van der Waals surface area contributed by atoms with Gasteiger partial charge in [-0.05, 0) is 24.6 Å². The minimum atomic E-state index is -4.30. The first kappa shape index (κ1) is 11.0. The highest BCUT2D eigenvalue weighted by Gasteiger charge is 2.34. The first-order valence-corrected chi connectivity index (χ1v) is 4.94. The molecule has 0 aliphatic heterocycles. The molecule has 1 aromatic carbocycles. The molecule has 0 spiro atoms. The van der Waals surface area contributed by atoms with Crippen LogP contribution in [0.25, 0.3) is 0 Å². The molecule has 0 N–H and O–H groups in total. The Labute approximate surface area is 90.4 Å². The van der Waals surface area contributed by atoms with Gasteiger partial charge in [-0.25, -0.2) is 0 Å². The van der Waals surface area contributed by atoms with E-state index in [2.05, 4.69) is 31.9 Å². The fraction of sp³-hybridized carbons (Fsp3) is 0.250. The van der Waals surface area contributed by atoms with Gasteiger partial charge in [0.15, 0.2) is 0 Å². The molecule has 0 atom stereocenters. The lowest BCUT2D eigenvalue weighted by Gasteiger charge is -2.12. The number of hydrogen-bond donors (Lipinski definition) is 0. The summed E-state index contributed by atoms with van der Waals surface area (Å²) < 4.78 is 37.9. The standard InChI is InChI=1S/C8H5Br2F3/c1-4-2-5(9)3-6(10)7(4)8(11,12)13/h2-3H,1H3. The molecule has 0 amide bonds. The Balaban J connectivity index is 3.38. The average molecular weight is 318 g/mol. The van der Waals surface area contributed by atoms with Crippen molar-refractivity contribution in [3.05, 3.63) is 32.2 Å². The van der Waals surface area contributed by atoms with E-state index in [9.17, 15) is 13.2 Å². The van der Waals surface area contributed by atoms with E-state index in [0.717, 1.165) is 0 Å². The Morgan fingerprint density at radius 2 is 1.69 bits per heavy atom. The van der Waals surface area contributed by atoms with Crippen LogP contribution in [-0.2, 0) is 6.18 Å². The highest BCUT2D eigenvalue weighted by atomic mass is 79.9. The Morgan fingerprint density at radius 3 is 2.08 bits per heavy atom. The fourth-order valence-corrected chi connectivity index (χ4v) is 2.72. The summed E-state index contributed by atoms with van der Waals surface area (Å²) >= 11 is 6.00. The van der Waals surface area contributed by atoms with Crippen molar-refractivity contribution >= 4 is 31.9 Å². The zero-order valence-electron chi connectivity index (χ0n) is 6.54. The smallest absolute Gasteiger partial charge is 0.166 e. The highest BCUT2D eigenvalue weighted by molar-refractivity contribution is 9.11. The van der Waals surface area contributed by atoms with Crippen LogP contribution in [0.3, 0.4) is 0 Å². The van der Waals surface area contributed by atoms with Gasteiger partial charge in [0.05, 0.1) is 5.56 Å². The van der Waals surface area contributed by atoms with Crippen LogP contribution in [0.15, 0.2) is 21.1 Å². The van der Waals surface area contributed by atoms with E-state index in [0.29, 0.717) is 4.47 Å². The molecule has 0 aromatic heterocycles. The van der Waals surface area contributed by atoms with E-state index in [1.165, 1.54) is 19.1 Å². The van der Waals surface area contributed by atoms with Gasteiger partial charge in [-0.2, -0.15) is 13.2 Å². The van der Waals surface area contributed by atoms with E-state index in [1.54, 1.807) is 0 Å². The van der Waals surface area contributed by atoms with Gasteiger partial charge < -0.3 is 0 Å². The topological polar surface area (TPSA) is 0 Å². The van der Waals surface area contributed by atoms with Crippen molar-refractivity contribution in [3.8, 4) is 0 Å². The summed E-state index contributed by atoms with van der Waals surface area (Å²) in [5.74, 6) is 0. The van der Waals surface area contributed by atoms with E-state index in [-0.39, 0.29) is 10.0 Å². The summed E-state index contributed by atoms with van der Waals surface area (Å²) in [7, 11) is 0. The predicted octanol–water partition coefficient (Wildman–Crippen LogP) is 4.54. The SMILES string of the molecule is Cc1cc(Br)cc(Br)c1C(F)(F)F. The highest BCUT2D eigenvalue weighted by Crippen LogP contribution is 2.38. The monoisotopic (exact) mass is 316 g/mol. The summed E-state index contributed by atoms with van der Waals surface area (Å²) in [5, 5.41) is 0. The summed E-state index contributed by atoms with van der Waals surface area (Å²) in [6.07, 6.45) is -4.30. The molecule has 0 bridgehead atoms. The van der Waals surface area contributed by atoms with E-state index in [1.807, 2.05) is 0 Å². The molecular formula is C8H5Br2F3. The maximum Gasteiger partial charge on any atom is 0.417 e. The molecule has 1 rings (SSSR count). The summed E-state index contributed by atoms with van der Waals surface area (Å²) in [5.41, 5.74) is -0.413. The fourth-order valence-electron chi connectivity index (χ4n) is 1.06. The van der Waals surface area contributed by atoms with E-state index >= 15 is 0 Å². The normalized spacial score (nSPS) is 11.8. The van der Waals surface area contributed by atoms with Crippen molar-refractivity contribution in [1.29, 1.82) is 0 Å². The first-order chi connectivity index (χ1) is 5.82. The van der Waals surface area contributed by atoms with Crippen LogP contribution in [0.1, 0.15) is 11.1 Å². The summed E-state index contributed by atoms with van der Waals surface area (Å²) in [4.78, 5) is 0. The largest absolute Gasteiger partial charge is 0.417 e. The van der Waals surface area contributed by atoms with Crippen LogP contribution < -0.4 is 0 Å². The van der Waals surface area contributed by atoms with Crippen LogP contribution >= 0.6 is 31.9 Å². The molecule has 0 aliphatic rings. The second-order valence-electron chi connectivity index (χ2n) is 2.58. The van der Waals surface area contributed by atoms with E-state index < -0.39 is 11.7 Å². The van der Waals surface area contributed by atoms with Gasteiger partial charge in [-0.1, -0.05) is 31.9 Å². The molecule has 0 heterocycles. The molecule has 0 nitrogen and oxygen atoms in total. The maximum absolute atomic E-state index is 12.4. The van der Waals surface area contributed by atoms with Gasteiger partial charge in [0.25, 0.3) is 0 Å². The third kappa shape index (κ3) is 2.47. The lowest BCUT2D eigenvalue weighted by atomic mass is 10.1. The van der Waals surface area contributed by atoms with Crippen LogP contribution in [0.4, 0.5) is 13.2 Å². The minimum absolute atomic E-state index is 0.0619. The summed E-state index contributed by atoms with van der Waals surface area (Å²) in [6.45, 7) is 1.43. The molecule has 0 saturated carbocycles. The van der Waals surface area contributed by atoms with E-state index in [4.69, 9.17) is 0 Å². The lowest BCUT2D eigenvalue weighted by molar-refractivity contribution is -0.138. The Hall–Kier alpha value is -0.0300. The van der Waals surface area contributed by atoms with Crippen molar-refractivity contribution in [1.82, 2.24) is 0 Å². The van der Waals surface area contributed by atoms with Crippen molar-refractivity contribution < 1.29 is 13.2 Å². The van der Waals surface area contributed by atoms with Crippen LogP contribution in [0.5, 0.6) is 0 Å². The average Bonchev–Trinajstić information content (AvgIpc) is 1.78. The van der Waals surface area contributed by atoms with Gasteiger partial charge in [0.2, 0.25) is 0 Å².